The van der Waals surface area contributed by atoms with Crippen LogP contribution in [0.4, 0.5) is 5.82 Å². The van der Waals surface area contributed by atoms with Gasteiger partial charge in [-0.25, -0.2) is 14.6 Å². The van der Waals surface area contributed by atoms with E-state index in [0.29, 0.717) is 52.7 Å². The van der Waals surface area contributed by atoms with Gasteiger partial charge < -0.3 is 25.2 Å². The molecule has 32 heavy (non-hydrogen) atoms. The second-order valence-corrected chi connectivity index (χ2v) is 7.36. The van der Waals surface area contributed by atoms with Crippen molar-refractivity contribution in [1.82, 2.24) is 24.6 Å². The quantitative estimate of drug-likeness (QED) is 0.567. The second-order valence-electron chi connectivity index (χ2n) is 7.36. The van der Waals surface area contributed by atoms with Crippen molar-refractivity contribution >= 4 is 22.8 Å². The Labute approximate surface area is 185 Å². The zero-order chi connectivity index (χ0) is 22.7. The third-order valence-corrected chi connectivity index (χ3v) is 5.38. The maximum absolute atomic E-state index is 12.2. The SMILES string of the molecule is COc1cc(C#Cc2nn([C@H]3CCN(C(=O)CCO)C3)c3ncnc(N)c23)cc(OC)c1. The van der Waals surface area contributed by atoms with Crippen molar-refractivity contribution in [3.63, 3.8) is 0 Å². The first-order valence-electron chi connectivity index (χ1n) is 10.2. The number of aliphatic hydroxyl groups excluding tert-OH is 1. The van der Waals surface area contributed by atoms with Gasteiger partial charge in [0.15, 0.2) is 5.65 Å². The first kappa shape index (κ1) is 21.4. The van der Waals surface area contributed by atoms with Gasteiger partial charge in [-0.15, -0.1) is 0 Å². The van der Waals surface area contributed by atoms with Crippen LogP contribution in [-0.4, -0.2) is 69.6 Å². The van der Waals surface area contributed by atoms with Crippen LogP contribution in [0.15, 0.2) is 24.5 Å². The van der Waals surface area contributed by atoms with E-state index in [1.807, 2.05) is 0 Å². The summed E-state index contributed by atoms with van der Waals surface area (Å²) in [6.07, 6.45) is 2.23. The molecule has 0 aliphatic carbocycles. The van der Waals surface area contributed by atoms with E-state index in [2.05, 4.69) is 26.9 Å². The number of hydrogen-bond acceptors (Lipinski definition) is 8. The Kier molecular flexibility index (Phi) is 6.09. The number of benzene rings is 1. The molecule has 3 N–H and O–H groups in total. The van der Waals surface area contributed by atoms with Crippen LogP contribution in [0.5, 0.6) is 11.5 Å². The topological polar surface area (TPSA) is 129 Å². The van der Waals surface area contributed by atoms with E-state index in [1.54, 1.807) is 42.0 Å². The maximum Gasteiger partial charge on any atom is 0.224 e. The van der Waals surface area contributed by atoms with Crippen LogP contribution in [0, 0.1) is 11.8 Å². The number of methoxy groups -OCH3 is 2. The van der Waals surface area contributed by atoms with Crippen LogP contribution < -0.4 is 15.2 Å². The van der Waals surface area contributed by atoms with E-state index in [0.717, 1.165) is 6.42 Å². The summed E-state index contributed by atoms with van der Waals surface area (Å²) in [5, 5.41) is 14.3. The molecule has 1 aromatic carbocycles. The van der Waals surface area contributed by atoms with Crippen molar-refractivity contribution in [2.24, 2.45) is 0 Å². The number of aromatic nitrogens is 4. The number of carbonyl (C=O) groups excluding carboxylic acids is 1. The molecule has 3 aromatic rings. The summed E-state index contributed by atoms with van der Waals surface area (Å²) >= 11 is 0. The van der Waals surface area contributed by atoms with Gasteiger partial charge in [-0.1, -0.05) is 5.92 Å². The Morgan fingerprint density at radius 1 is 1.22 bits per heavy atom. The third kappa shape index (κ3) is 4.15. The highest BCUT2D eigenvalue weighted by Gasteiger charge is 2.30. The number of rotatable bonds is 5. The highest BCUT2D eigenvalue weighted by molar-refractivity contribution is 5.90. The molecule has 1 fully saturated rings. The van der Waals surface area contributed by atoms with Crippen molar-refractivity contribution in [1.29, 1.82) is 0 Å². The Bertz CT molecular complexity index is 1190. The lowest BCUT2D eigenvalue weighted by Crippen LogP contribution is -2.29. The van der Waals surface area contributed by atoms with Gasteiger partial charge in [0.1, 0.15) is 29.3 Å². The molecule has 0 unspecified atom stereocenters. The van der Waals surface area contributed by atoms with Gasteiger partial charge in [-0.05, 0) is 24.5 Å². The normalized spacial score (nSPS) is 15.5. The van der Waals surface area contributed by atoms with E-state index in [4.69, 9.17) is 20.3 Å². The predicted octanol–water partition coefficient (Wildman–Crippen LogP) is 0.981. The van der Waals surface area contributed by atoms with Crippen molar-refractivity contribution in [2.75, 3.05) is 39.6 Å². The van der Waals surface area contributed by atoms with Crippen LogP contribution in [0.25, 0.3) is 11.0 Å². The van der Waals surface area contributed by atoms with E-state index < -0.39 is 0 Å². The first-order valence-corrected chi connectivity index (χ1v) is 10.2. The standard InChI is InChI=1S/C22H24N6O4/c1-31-16-9-14(10-17(11-16)32-2)3-4-18-20-21(23)24-13-25-22(20)28(26-18)15-5-7-27(12-15)19(30)6-8-29/h9-11,13,15,29H,5-8,12H2,1-2H3,(H2,23,24,25)/t15-/m0/s1. The fourth-order valence-electron chi connectivity index (χ4n) is 3.77. The van der Waals surface area contributed by atoms with Gasteiger partial charge in [-0.3, -0.25) is 4.79 Å². The van der Waals surface area contributed by atoms with Crippen molar-refractivity contribution in [3.05, 3.63) is 35.8 Å². The second kappa shape index (κ2) is 9.11. The summed E-state index contributed by atoms with van der Waals surface area (Å²) in [7, 11) is 3.16. The fraction of sp³-hybridized carbons (Fsp3) is 0.364. The van der Waals surface area contributed by atoms with Crippen LogP contribution in [-0.2, 0) is 4.79 Å². The molecule has 0 radical (unpaired) electrons. The number of nitrogens with two attached hydrogens (primary N) is 1. The Balaban J connectivity index is 1.71. The molecule has 1 aliphatic heterocycles. The Hall–Kier alpha value is -3.84. The number of ether oxygens (including phenoxy) is 2. The molecule has 1 aliphatic rings. The summed E-state index contributed by atoms with van der Waals surface area (Å²) in [5.74, 6) is 7.64. The molecular formula is C22H24N6O4. The minimum Gasteiger partial charge on any atom is -0.497 e. The Morgan fingerprint density at radius 2 is 1.97 bits per heavy atom. The minimum absolute atomic E-state index is 0.0677. The molecule has 2 aromatic heterocycles. The van der Waals surface area contributed by atoms with Gasteiger partial charge in [0.25, 0.3) is 0 Å². The number of hydrogen-bond donors (Lipinski definition) is 2. The highest BCUT2D eigenvalue weighted by Crippen LogP contribution is 2.29. The van der Waals surface area contributed by atoms with Gasteiger partial charge in [0, 0.05) is 31.1 Å². The number of nitrogen functional groups attached to an aromatic ring is 1. The molecule has 0 bridgehead atoms. The van der Waals surface area contributed by atoms with E-state index in [9.17, 15) is 4.79 Å². The third-order valence-electron chi connectivity index (χ3n) is 5.38. The highest BCUT2D eigenvalue weighted by atomic mass is 16.5. The molecule has 10 heteroatoms. The largest absolute Gasteiger partial charge is 0.497 e. The number of amides is 1. The number of nitrogens with zero attached hydrogens (tertiary/aromatic N) is 5. The molecule has 1 saturated heterocycles. The lowest BCUT2D eigenvalue weighted by atomic mass is 10.2. The molecule has 0 saturated carbocycles. The lowest BCUT2D eigenvalue weighted by Gasteiger charge is -2.16. The fourth-order valence-corrected chi connectivity index (χ4v) is 3.77. The smallest absolute Gasteiger partial charge is 0.224 e. The monoisotopic (exact) mass is 436 g/mol. The molecule has 0 spiro atoms. The van der Waals surface area contributed by atoms with E-state index in [1.165, 1.54) is 6.33 Å². The molecule has 1 amide bonds. The number of likely N-dealkylation sites (tertiary alicyclic amines) is 1. The average molecular weight is 436 g/mol. The summed E-state index contributed by atoms with van der Waals surface area (Å²) < 4.78 is 12.4. The van der Waals surface area contributed by atoms with Crippen molar-refractivity contribution < 1.29 is 19.4 Å². The Morgan fingerprint density at radius 3 is 2.66 bits per heavy atom. The van der Waals surface area contributed by atoms with Gasteiger partial charge in [0.05, 0.1) is 32.3 Å². The summed E-state index contributed by atoms with van der Waals surface area (Å²) in [6.45, 7) is 0.915. The molecule has 10 nitrogen and oxygen atoms in total. The number of aliphatic hydroxyl groups is 1. The zero-order valence-corrected chi connectivity index (χ0v) is 17.9. The van der Waals surface area contributed by atoms with Crippen LogP contribution in [0.3, 0.4) is 0 Å². The minimum atomic E-state index is -0.163. The summed E-state index contributed by atoms with van der Waals surface area (Å²) in [6, 6.07) is 5.30. The van der Waals surface area contributed by atoms with Gasteiger partial charge in [0.2, 0.25) is 5.91 Å². The predicted molar refractivity (Wildman–Crippen MR) is 117 cm³/mol. The maximum atomic E-state index is 12.2. The average Bonchev–Trinajstić information content (AvgIpc) is 3.43. The first-order chi connectivity index (χ1) is 15.5. The molecule has 3 heterocycles. The van der Waals surface area contributed by atoms with Crippen LogP contribution in [0.2, 0.25) is 0 Å². The van der Waals surface area contributed by atoms with Crippen molar-refractivity contribution in [3.8, 4) is 23.3 Å². The molecular weight excluding hydrogens is 412 g/mol. The van der Waals surface area contributed by atoms with E-state index in [-0.39, 0.29) is 25.0 Å². The van der Waals surface area contributed by atoms with Crippen LogP contribution in [0.1, 0.15) is 30.1 Å². The lowest BCUT2D eigenvalue weighted by molar-refractivity contribution is -0.130. The number of carbonyl (C=O) groups is 1. The van der Waals surface area contributed by atoms with Gasteiger partial charge >= 0.3 is 0 Å². The molecule has 166 valence electrons. The van der Waals surface area contributed by atoms with Gasteiger partial charge in [-0.2, -0.15) is 5.10 Å². The van der Waals surface area contributed by atoms with E-state index >= 15 is 0 Å². The molecule has 4 rings (SSSR count). The zero-order valence-electron chi connectivity index (χ0n) is 17.9. The number of anilines is 1. The summed E-state index contributed by atoms with van der Waals surface area (Å²) in [4.78, 5) is 22.4. The molecule has 1 atom stereocenters. The van der Waals surface area contributed by atoms with Crippen molar-refractivity contribution in [2.45, 2.75) is 18.9 Å². The number of fused-ring (bicyclic) bond motifs is 1. The summed E-state index contributed by atoms with van der Waals surface area (Å²) in [5.41, 5.74) is 7.87. The van der Waals surface area contributed by atoms with Crippen LogP contribution >= 0.6 is 0 Å².